The van der Waals surface area contributed by atoms with Crippen LogP contribution in [-0.2, 0) is 0 Å². The van der Waals surface area contributed by atoms with Crippen molar-refractivity contribution < 1.29 is 5.11 Å². The van der Waals surface area contributed by atoms with Crippen LogP contribution in [0.15, 0.2) is 0 Å². The Bertz CT molecular complexity index is 145. The van der Waals surface area contributed by atoms with Crippen LogP contribution >= 0.6 is 0 Å². The number of rotatable bonds is 4. The van der Waals surface area contributed by atoms with Crippen molar-refractivity contribution in [1.29, 1.82) is 0 Å². The fourth-order valence-electron chi connectivity index (χ4n) is 2.58. The molecule has 0 unspecified atom stereocenters. The molecule has 2 aliphatic rings. The highest BCUT2D eigenvalue weighted by molar-refractivity contribution is 4.75. The molecule has 2 heterocycles. The summed E-state index contributed by atoms with van der Waals surface area (Å²) in [5.41, 5.74) is 0. The monoisotopic (exact) mass is 198 g/mol. The molecule has 14 heavy (non-hydrogen) atoms. The molecule has 0 radical (unpaired) electrons. The maximum atomic E-state index is 9.89. The van der Waals surface area contributed by atoms with Gasteiger partial charge in [-0.1, -0.05) is 0 Å². The molecule has 0 saturated carbocycles. The minimum atomic E-state index is -0.133. The van der Waals surface area contributed by atoms with E-state index in [2.05, 4.69) is 9.80 Å². The molecular weight excluding hydrogens is 176 g/mol. The zero-order valence-corrected chi connectivity index (χ0v) is 8.99. The van der Waals surface area contributed by atoms with E-state index in [1.165, 1.54) is 51.9 Å². The predicted octanol–water partition coefficient (Wildman–Crippen LogP) is 0.539. The topological polar surface area (TPSA) is 26.7 Å². The first-order chi connectivity index (χ1) is 6.84. The van der Waals surface area contributed by atoms with Gasteiger partial charge < -0.3 is 14.9 Å². The summed E-state index contributed by atoms with van der Waals surface area (Å²) in [6.07, 6.45) is 5.13. The molecule has 2 fully saturated rings. The SMILES string of the molecule is OC(CN1CCCC1)CN1CCCC1. The molecule has 2 aliphatic heterocycles. The molecule has 0 aliphatic carbocycles. The smallest absolute Gasteiger partial charge is 0.0793 e. The van der Waals surface area contributed by atoms with E-state index in [9.17, 15) is 5.11 Å². The number of nitrogens with zero attached hydrogens (tertiary/aromatic N) is 2. The van der Waals surface area contributed by atoms with Gasteiger partial charge in [-0.3, -0.25) is 0 Å². The van der Waals surface area contributed by atoms with Crippen LogP contribution in [0, 0.1) is 0 Å². The Labute approximate surface area is 86.7 Å². The van der Waals surface area contributed by atoms with E-state index in [-0.39, 0.29) is 6.10 Å². The minimum Gasteiger partial charge on any atom is -0.390 e. The van der Waals surface area contributed by atoms with E-state index in [1.807, 2.05) is 0 Å². The van der Waals surface area contributed by atoms with Gasteiger partial charge in [-0.25, -0.2) is 0 Å². The van der Waals surface area contributed by atoms with Crippen molar-refractivity contribution in [2.24, 2.45) is 0 Å². The second kappa shape index (κ2) is 5.10. The molecule has 82 valence electrons. The quantitative estimate of drug-likeness (QED) is 0.714. The summed E-state index contributed by atoms with van der Waals surface area (Å²) in [7, 11) is 0. The number of hydrogen-bond acceptors (Lipinski definition) is 3. The van der Waals surface area contributed by atoms with E-state index in [1.54, 1.807) is 0 Å². The molecule has 3 heteroatoms. The van der Waals surface area contributed by atoms with Crippen LogP contribution in [-0.4, -0.2) is 60.3 Å². The fourth-order valence-corrected chi connectivity index (χ4v) is 2.58. The summed E-state index contributed by atoms with van der Waals surface area (Å²) in [5, 5.41) is 9.89. The third-order valence-corrected chi connectivity index (χ3v) is 3.34. The van der Waals surface area contributed by atoms with Crippen LogP contribution in [0.3, 0.4) is 0 Å². The maximum absolute atomic E-state index is 9.89. The lowest BCUT2D eigenvalue weighted by atomic mass is 10.3. The Morgan fingerprint density at radius 2 is 1.14 bits per heavy atom. The van der Waals surface area contributed by atoms with Crippen molar-refractivity contribution in [1.82, 2.24) is 9.80 Å². The predicted molar refractivity (Wildman–Crippen MR) is 57.4 cm³/mol. The molecule has 0 aromatic rings. The molecule has 3 nitrogen and oxygen atoms in total. The van der Waals surface area contributed by atoms with Crippen LogP contribution in [0.25, 0.3) is 0 Å². The number of likely N-dealkylation sites (tertiary alicyclic amines) is 2. The van der Waals surface area contributed by atoms with Crippen molar-refractivity contribution in [2.75, 3.05) is 39.3 Å². The third kappa shape index (κ3) is 2.94. The number of β-amino-alcohol motifs (C(OH)–C–C–N with tert-alkyl or cyclic N) is 1. The van der Waals surface area contributed by atoms with Crippen LogP contribution in [0.5, 0.6) is 0 Å². The highest BCUT2D eigenvalue weighted by Crippen LogP contribution is 2.11. The van der Waals surface area contributed by atoms with Crippen molar-refractivity contribution in [2.45, 2.75) is 31.8 Å². The van der Waals surface area contributed by atoms with Crippen LogP contribution in [0.4, 0.5) is 0 Å². The lowest BCUT2D eigenvalue weighted by molar-refractivity contribution is 0.0899. The third-order valence-electron chi connectivity index (χ3n) is 3.34. The summed E-state index contributed by atoms with van der Waals surface area (Å²) in [5.74, 6) is 0. The first-order valence-corrected chi connectivity index (χ1v) is 5.97. The average Bonchev–Trinajstić information content (AvgIpc) is 2.76. The average molecular weight is 198 g/mol. The number of aliphatic hydroxyl groups excluding tert-OH is 1. The van der Waals surface area contributed by atoms with Gasteiger partial charge in [0.1, 0.15) is 0 Å². The molecular formula is C11H22N2O. The Morgan fingerprint density at radius 3 is 1.50 bits per heavy atom. The van der Waals surface area contributed by atoms with Gasteiger partial charge in [-0.15, -0.1) is 0 Å². The second-order valence-corrected chi connectivity index (χ2v) is 4.67. The summed E-state index contributed by atoms with van der Waals surface area (Å²) in [4.78, 5) is 4.78. The van der Waals surface area contributed by atoms with Gasteiger partial charge in [0.2, 0.25) is 0 Å². The molecule has 1 N–H and O–H groups in total. The van der Waals surface area contributed by atoms with Crippen molar-refractivity contribution >= 4 is 0 Å². The Balaban J connectivity index is 1.64. The van der Waals surface area contributed by atoms with Gasteiger partial charge >= 0.3 is 0 Å². The van der Waals surface area contributed by atoms with Crippen molar-refractivity contribution in [3.05, 3.63) is 0 Å². The Morgan fingerprint density at radius 1 is 0.786 bits per heavy atom. The van der Waals surface area contributed by atoms with Gasteiger partial charge in [0.25, 0.3) is 0 Å². The Kier molecular flexibility index (Phi) is 3.79. The lowest BCUT2D eigenvalue weighted by Gasteiger charge is -2.23. The molecule has 0 bridgehead atoms. The molecule has 0 amide bonds. The van der Waals surface area contributed by atoms with Crippen molar-refractivity contribution in [3.63, 3.8) is 0 Å². The zero-order valence-electron chi connectivity index (χ0n) is 8.99. The van der Waals surface area contributed by atoms with Gasteiger partial charge in [0.15, 0.2) is 0 Å². The summed E-state index contributed by atoms with van der Waals surface area (Å²) in [6.45, 7) is 6.54. The van der Waals surface area contributed by atoms with Gasteiger partial charge in [0.05, 0.1) is 6.10 Å². The summed E-state index contributed by atoms with van der Waals surface area (Å²) < 4.78 is 0. The first-order valence-electron chi connectivity index (χ1n) is 5.97. The molecule has 0 aromatic carbocycles. The van der Waals surface area contributed by atoms with Crippen LogP contribution in [0.1, 0.15) is 25.7 Å². The molecule has 0 atom stereocenters. The normalized spacial score (nSPS) is 25.3. The van der Waals surface area contributed by atoms with Crippen LogP contribution in [0.2, 0.25) is 0 Å². The number of aliphatic hydroxyl groups is 1. The van der Waals surface area contributed by atoms with E-state index in [4.69, 9.17) is 0 Å². The van der Waals surface area contributed by atoms with Crippen molar-refractivity contribution in [3.8, 4) is 0 Å². The minimum absolute atomic E-state index is 0.133. The van der Waals surface area contributed by atoms with Crippen LogP contribution < -0.4 is 0 Å². The largest absolute Gasteiger partial charge is 0.390 e. The molecule has 0 spiro atoms. The zero-order chi connectivity index (χ0) is 9.80. The standard InChI is InChI=1S/C11H22N2O/c14-11(9-12-5-1-2-6-12)10-13-7-3-4-8-13/h11,14H,1-10H2. The summed E-state index contributed by atoms with van der Waals surface area (Å²) >= 11 is 0. The number of hydrogen-bond donors (Lipinski definition) is 1. The first kappa shape index (κ1) is 10.4. The summed E-state index contributed by atoms with van der Waals surface area (Å²) in [6, 6.07) is 0. The van der Waals surface area contributed by atoms with E-state index < -0.39 is 0 Å². The molecule has 2 rings (SSSR count). The Hall–Kier alpha value is -0.120. The highest BCUT2D eigenvalue weighted by atomic mass is 16.3. The van der Waals surface area contributed by atoms with E-state index >= 15 is 0 Å². The highest BCUT2D eigenvalue weighted by Gasteiger charge is 2.19. The van der Waals surface area contributed by atoms with E-state index in [0.29, 0.717) is 0 Å². The second-order valence-electron chi connectivity index (χ2n) is 4.67. The van der Waals surface area contributed by atoms with Gasteiger partial charge in [-0.05, 0) is 51.9 Å². The maximum Gasteiger partial charge on any atom is 0.0793 e. The van der Waals surface area contributed by atoms with E-state index in [0.717, 1.165) is 13.1 Å². The lowest BCUT2D eigenvalue weighted by Crippen LogP contribution is -2.38. The molecule has 0 aromatic heterocycles. The fraction of sp³-hybridized carbons (Fsp3) is 1.00. The van der Waals surface area contributed by atoms with Gasteiger partial charge in [0, 0.05) is 13.1 Å². The van der Waals surface area contributed by atoms with Gasteiger partial charge in [-0.2, -0.15) is 0 Å². The molecule has 2 saturated heterocycles.